The summed E-state index contributed by atoms with van der Waals surface area (Å²) in [5.74, 6) is 1.25. The Morgan fingerprint density at radius 1 is 1.21 bits per heavy atom. The first-order chi connectivity index (χ1) is 9.27. The van der Waals surface area contributed by atoms with Crippen LogP contribution in [0.4, 0.5) is 0 Å². The van der Waals surface area contributed by atoms with Gasteiger partial charge < -0.3 is 5.32 Å². The second-order valence-electron chi connectivity index (χ2n) is 4.96. The fourth-order valence-corrected chi connectivity index (χ4v) is 2.65. The summed E-state index contributed by atoms with van der Waals surface area (Å²) in [7, 11) is 1.71. The van der Waals surface area contributed by atoms with Crippen molar-refractivity contribution >= 4 is 0 Å². The maximum Gasteiger partial charge on any atom is 0.350 e. The van der Waals surface area contributed by atoms with Crippen molar-refractivity contribution in [3.63, 3.8) is 0 Å². The molecule has 2 aromatic rings. The van der Waals surface area contributed by atoms with Crippen LogP contribution in [0.1, 0.15) is 24.6 Å². The van der Waals surface area contributed by atoms with Crippen LogP contribution in [0.15, 0.2) is 35.1 Å². The molecule has 1 aromatic carbocycles. The molecule has 1 fully saturated rings. The minimum absolute atomic E-state index is 0.0697. The second-order valence-corrected chi connectivity index (χ2v) is 4.96. The molecule has 0 bridgehead atoms. The zero-order valence-corrected chi connectivity index (χ0v) is 11.0. The number of aromatic nitrogens is 3. The number of nitrogens with one attached hydrogen (secondary N) is 1. The van der Waals surface area contributed by atoms with E-state index in [-0.39, 0.29) is 5.69 Å². The van der Waals surface area contributed by atoms with Crippen LogP contribution in [0.5, 0.6) is 0 Å². The molecule has 1 saturated heterocycles. The van der Waals surface area contributed by atoms with Gasteiger partial charge in [0.15, 0.2) is 0 Å². The number of piperidine rings is 1. The Morgan fingerprint density at radius 2 is 1.89 bits per heavy atom. The van der Waals surface area contributed by atoms with Crippen molar-refractivity contribution in [2.24, 2.45) is 7.05 Å². The molecule has 0 amide bonds. The molecule has 5 nitrogen and oxygen atoms in total. The average Bonchev–Trinajstić information content (AvgIpc) is 2.77. The lowest BCUT2D eigenvalue weighted by Gasteiger charge is -2.22. The molecule has 100 valence electrons. The monoisotopic (exact) mass is 258 g/mol. The van der Waals surface area contributed by atoms with Crippen LogP contribution >= 0.6 is 0 Å². The van der Waals surface area contributed by atoms with Crippen LogP contribution in [0.2, 0.25) is 0 Å². The predicted molar refractivity (Wildman–Crippen MR) is 73.6 cm³/mol. The van der Waals surface area contributed by atoms with Crippen molar-refractivity contribution in [2.45, 2.75) is 18.8 Å². The maximum atomic E-state index is 12.3. The molecule has 0 spiro atoms. The Morgan fingerprint density at radius 3 is 2.58 bits per heavy atom. The molecule has 0 aliphatic carbocycles. The molecule has 0 atom stereocenters. The van der Waals surface area contributed by atoms with Crippen molar-refractivity contribution in [1.29, 1.82) is 0 Å². The Kier molecular flexibility index (Phi) is 3.21. The fraction of sp³-hybridized carbons (Fsp3) is 0.429. The van der Waals surface area contributed by atoms with E-state index >= 15 is 0 Å². The maximum absolute atomic E-state index is 12.3. The summed E-state index contributed by atoms with van der Waals surface area (Å²) in [5.41, 5.74) is 0.828. The van der Waals surface area contributed by atoms with Crippen molar-refractivity contribution in [3.05, 3.63) is 46.6 Å². The topological polar surface area (TPSA) is 51.9 Å². The Labute approximate surface area is 111 Å². The zero-order chi connectivity index (χ0) is 13.2. The highest BCUT2D eigenvalue weighted by atomic mass is 16.2. The summed E-state index contributed by atoms with van der Waals surface area (Å²) in [6.07, 6.45) is 2.06. The lowest BCUT2D eigenvalue weighted by molar-refractivity contribution is 0.438. The Hall–Kier alpha value is -1.88. The van der Waals surface area contributed by atoms with Crippen LogP contribution in [0.3, 0.4) is 0 Å². The predicted octanol–water partition coefficient (Wildman–Crippen LogP) is 1.04. The number of para-hydroxylation sites is 1. The van der Waals surface area contributed by atoms with E-state index in [1.54, 1.807) is 11.6 Å². The quantitative estimate of drug-likeness (QED) is 0.875. The van der Waals surface area contributed by atoms with E-state index in [1.807, 2.05) is 30.3 Å². The van der Waals surface area contributed by atoms with Gasteiger partial charge >= 0.3 is 5.69 Å². The SMILES string of the molecule is Cn1nc(C2CCNCC2)n(-c2ccccc2)c1=O. The molecule has 3 rings (SSSR count). The molecule has 1 N–H and O–H groups in total. The van der Waals surface area contributed by atoms with Crippen LogP contribution < -0.4 is 11.0 Å². The standard InChI is InChI=1S/C14H18N4O/c1-17-14(19)18(12-5-3-2-4-6-12)13(16-17)11-7-9-15-10-8-11/h2-6,11,15H,7-10H2,1H3. The highest BCUT2D eigenvalue weighted by Gasteiger charge is 2.23. The van der Waals surface area contributed by atoms with E-state index in [1.165, 1.54) is 4.68 Å². The van der Waals surface area contributed by atoms with E-state index in [0.29, 0.717) is 5.92 Å². The van der Waals surface area contributed by atoms with Gasteiger partial charge in [0.25, 0.3) is 0 Å². The summed E-state index contributed by atoms with van der Waals surface area (Å²) >= 11 is 0. The van der Waals surface area contributed by atoms with Crippen molar-refractivity contribution in [3.8, 4) is 5.69 Å². The first-order valence-electron chi connectivity index (χ1n) is 6.69. The van der Waals surface area contributed by atoms with Crippen LogP contribution in [0.25, 0.3) is 5.69 Å². The van der Waals surface area contributed by atoms with E-state index < -0.39 is 0 Å². The first-order valence-corrected chi connectivity index (χ1v) is 6.69. The first kappa shape index (κ1) is 12.2. The largest absolute Gasteiger partial charge is 0.350 e. The van der Waals surface area contributed by atoms with Crippen LogP contribution in [-0.2, 0) is 7.05 Å². The zero-order valence-electron chi connectivity index (χ0n) is 11.0. The van der Waals surface area contributed by atoms with Gasteiger partial charge in [-0.3, -0.25) is 0 Å². The van der Waals surface area contributed by atoms with Gasteiger partial charge in [0.2, 0.25) is 0 Å². The second kappa shape index (κ2) is 5.01. The minimum Gasteiger partial charge on any atom is -0.317 e. The normalized spacial score (nSPS) is 16.7. The summed E-state index contributed by atoms with van der Waals surface area (Å²) in [6, 6.07) is 9.75. The van der Waals surface area contributed by atoms with Gasteiger partial charge in [-0.25, -0.2) is 14.0 Å². The average molecular weight is 258 g/mol. The summed E-state index contributed by atoms with van der Waals surface area (Å²) < 4.78 is 3.18. The summed E-state index contributed by atoms with van der Waals surface area (Å²) in [6.45, 7) is 1.98. The van der Waals surface area contributed by atoms with E-state index in [2.05, 4.69) is 10.4 Å². The molecule has 0 radical (unpaired) electrons. The number of hydrogen-bond donors (Lipinski definition) is 1. The summed E-state index contributed by atoms with van der Waals surface area (Å²) in [4.78, 5) is 12.3. The Bertz CT molecular complexity index is 608. The van der Waals surface area contributed by atoms with Gasteiger partial charge in [0, 0.05) is 13.0 Å². The molecule has 2 heterocycles. The number of benzene rings is 1. The van der Waals surface area contributed by atoms with Crippen LogP contribution in [-0.4, -0.2) is 27.4 Å². The number of nitrogens with zero attached hydrogens (tertiary/aromatic N) is 3. The molecule has 1 aliphatic rings. The van der Waals surface area contributed by atoms with Gasteiger partial charge in [0.1, 0.15) is 5.82 Å². The number of hydrogen-bond acceptors (Lipinski definition) is 3. The van der Waals surface area contributed by atoms with Gasteiger partial charge in [-0.15, -0.1) is 0 Å². The van der Waals surface area contributed by atoms with E-state index in [9.17, 15) is 4.79 Å². The number of aryl methyl sites for hydroxylation is 1. The fourth-order valence-electron chi connectivity index (χ4n) is 2.65. The molecular formula is C14H18N4O. The van der Waals surface area contributed by atoms with Crippen molar-refractivity contribution < 1.29 is 0 Å². The third-order valence-corrected chi connectivity index (χ3v) is 3.67. The summed E-state index contributed by atoms with van der Waals surface area (Å²) in [5, 5.41) is 7.79. The van der Waals surface area contributed by atoms with Gasteiger partial charge in [0.05, 0.1) is 5.69 Å². The third-order valence-electron chi connectivity index (χ3n) is 3.67. The van der Waals surface area contributed by atoms with E-state index in [0.717, 1.165) is 37.4 Å². The lowest BCUT2D eigenvalue weighted by atomic mass is 9.97. The smallest absolute Gasteiger partial charge is 0.317 e. The molecule has 19 heavy (non-hydrogen) atoms. The molecular weight excluding hydrogens is 240 g/mol. The highest BCUT2D eigenvalue weighted by molar-refractivity contribution is 5.32. The van der Waals surface area contributed by atoms with Gasteiger partial charge in [-0.05, 0) is 38.1 Å². The molecule has 1 aliphatic heterocycles. The van der Waals surface area contributed by atoms with Crippen molar-refractivity contribution in [2.75, 3.05) is 13.1 Å². The van der Waals surface area contributed by atoms with Crippen LogP contribution in [0, 0.1) is 0 Å². The molecule has 1 aromatic heterocycles. The molecule has 0 saturated carbocycles. The van der Waals surface area contributed by atoms with Gasteiger partial charge in [-0.2, -0.15) is 5.10 Å². The van der Waals surface area contributed by atoms with Gasteiger partial charge in [-0.1, -0.05) is 18.2 Å². The third kappa shape index (κ3) is 2.21. The lowest BCUT2D eigenvalue weighted by Crippen LogP contribution is -2.29. The van der Waals surface area contributed by atoms with E-state index in [4.69, 9.17) is 0 Å². The number of rotatable bonds is 2. The highest BCUT2D eigenvalue weighted by Crippen LogP contribution is 2.24. The Balaban J connectivity index is 2.10. The minimum atomic E-state index is -0.0697. The van der Waals surface area contributed by atoms with Crippen molar-refractivity contribution in [1.82, 2.24) is 19.7 Å². The molecule has 5 heteroatoms. The molecule has 0 unspecified atom stereocenters.